The van der Waals surface area contributed by atoms with Crippen LogP contribution in [0.1, 0.15) is 37.0 Å². The zero-order valence-corrected chi connectivity index (χ0v) is 14.3. The number of benzene rings is 2. The molecule has 2 aromatic rings. The molecule has 0 spiro atoms. The van der Waals surface area contributed by atoms with Crippen molar-refractivity contribution < 1.29 is 9.53 Å². The van der Waals surface area contributed by atoms with Crippen LogP contribution in [0.2, 0.25) is 0 Å². The van der Waals surface area contributed by atoms with E-state index in [0.717, 1.165) is 29.0 Å². The molecule has 1 amide bonds. The van der Waals surface area contributed by atoms with Crippen LogP contribution in [-0.2, 0) is 11.2 Å². The molecule has 0 aliphatic rings. The molecule has 2 rings (SSSR count). The Hall–Kier alpha value is -2.29. The second-order valence-electron chi connectivity index (χ2n) is 5.78. The van der Waals surface area contributed by atoms with Crippen LogP contribution in [0.25, 0.3) is 0 Å². The van der Waals surface area contributed by atoms with E-state index in [2.05, 4.69) is 18.3 Å². The number of aryl methyl sites for hydroxylation is 3. The Morgan fingerprint density at radius 3 is 2.52 bits per heavy atom. The van der Waals surface area contributed by atoms with Gasteiger partial charge in [-0.05, 0) is 49.9 Å². The number of anilines is 1. The number of nitrogens with one attached hydrogen (secondary N) is 1. The molecule has 23 heavy (non-hydrogen) atoms. The third kappa shape index (κ3) is 4.35. The molecule has 1 atom stereocenters. The van der Waals surface area contributed by atoms with Crippen LogP contribution in [0, 0.1) is 13.8 Å². The van der Waals surface area contributed by atoms with Gasteiger partial charge in [0.15, 0.2) is 6.10 Å². The minimum atomic E-state index is -0.499. The van der Waals surface area contributed by atoms with E-state index >= 15 is 0 Å². The Morgan fingerprint density at radius 2 is 1.87 bits per heavy atom. The lowest BCUT2D eigenvalue weighted by Gasteiger charge is -2.19. The standard InChI is InChI=1S/C20H25NO2/c1-5-16-9-7-8-10-17(16)21-20(22)18(6-2)23-19-12-11-14(3)13-15(19)4/h7-13,18H,5-6H2,1-4H3,(H,21,22)/t18-/m1/s1. The van der Waals surface area contributed by atoms with Crippen molar-refractivity contribution in [3.05, 3.63) is 59.2 Å². The van der Waals surface area contributed by atoms with Crippen molar-refractivity contribution in [2.75, 3.05) is 5.32 Å². The average Bonchev–Trinajstić information content (AvgIpc) is 2.54. The number of hydrogen-bond acceptors (Lipinski definition) is 2. The Labute approximate surface area is 138 Å². The van der Waals surface area contributed by atoms with Crippen LogP contribution in [0.3, 0.4) is 0 Å². The lowest BCUT2D eigenvalue weighted by atomic mass is 10.1. The molecule has 0 aliphatic heterocycles. The number of rotatable bonds is 6. The molecule has 0 radical (unpaired) electrons. The molecule has 0 aromatic heterocycles. The number of hydrogen-bond donors (Lipinski definition) is 1. The fourth-order valence-corrected chi connectivity index (χ4v) is 2.57. The lowest BCUT2D eigenvalue weighted by molar-refractivity contribution is -0.122. The lowest BCUT2D eigenvalue weighted by Crippen LogP contribution is -2.32. The molecule has 0 saturated heterocycles. The van der Waals surface area contributed by atoms with Crippen LogP contribution in [0.5, 0.6) is 5.75 Å². The van der Waals surface area contributed by atoms with Gasteiger partial charge in [-0.15, -0.1) is 0 Å². The van der Waals surface area contributed by atoms with Gasteiger partial charge in [0.25, 0.3) is 5.91 Å². The van der Waals surface area contributed by atoms with Crippen molar-refractivity contribution in [2.24, 2.45) is 0 Å². The molecule has 0 saturated carbocycles. The van der Waals surface area contributed by atoms with Gasteiger partial charge in [0, 0.05) is 5.69 Å². The van der Waals surface area contributed by atoms with Gasteiger partial charge in [-0.25, -0.2) is 0 Å². The van der Waals surface area contributed by atoms with Gasteiger partial charge in [-0.1, -0.05) is 49.7 Å². The highest BCUT2D eigenvalue weighted by Gasteiger charge is 2.20. The Morgan fingerprint density at radius 1 is 1.13 bits per heavy atom. The summed E-state index contributed by atoms with van der Waals surface area (Å²) in [6, 6.07) is 13.9. The molecule has 3 nitrogen and oxygen atoms in total. The first-order valence-corrected chi connectivity index (χ1v) is 8.17. The Kier molecular flexibility index (Phi) is 5.80. The van der Waals surface area contributed by atoms with Gasteiger partial charge in [-0.3, -0.25) is 4.79 Å². The van der Waals surface area contributed by atoms with Crippen molar-refractivity contribution in [2.45, 2.75) is 46.6 Å². The van der Waals surface area contributed by atoms with E-state index < -0.39 is 6.10 Å². The van der Waals surface area contributed by atoms with E-state index in [1.54, 1.807) is 0 Å². The van der Waals surface area contributed by atoms with E-state index in [0.29, 0.717) is 6.42 Å². The van der Waals surface area contributed by atoms with Gasteiger partial charge < -0.3 is 10.1 Å². The number of para-hydroxylation sites is 1. The molecule has 3 heteroatoms. The fraction of sp³-hybridized carbons (Fsp3) is 0.350. The van der Waals surface area contributed by atoms with Crippen molar-refractivity contribution in [3.8, 4) is 5.75 Å². The molecule has 2 aromatic carbocycles. The summed E-state index contributed by atoms with van der Waals surface area (Å²) in [5.41, 5.74) is 4.22. The quantitative estimate of drug-likeness (QED) is 0.842. The predicted molar refractivity (Wildman–Crippen MR) is 95.1 cm³/mol. The van der Waals surface area contributed by atoms with E-state index in [-0.39, 0.29) is 5.91 Å². The zero-order valence-electron chi connectivity index (χ0n) is 14.3. The largest absolute Gasteiger partial charge is 0.480 e. The van der Waals surface area contributed by atoms with Crippen LogP contribution in [0.15, 0.2) is 42.5 Å². The smallest absolute Gasteiger partial charge is 0.265 e. The minimum absolute atomic E-state index is 0.103. The maximum Gasteiger partial charge on any atom is 0.265 e. The van der Waals surface area contributed by atoms with Crippen LogP contribution >= 0.6 is 0 Å². The van der Waals surface area contributed by atoms with Gasteiger partial charge in [0.1, 0.15) is 5.75 Å². The summed E-state index contributed by atoms with van der Waals surface area (Å²) in [4.78, 5) is 12.6. The number of ether oxygens (including phenoxy) is 1. The Bertz CT molecular complexity index is 679. The monoisotopic (exact) mass is 311 g/mol. The summed E-state index contributed by atoms with van der Waals surface area (Å²) < 4.78 is 5.94. The highest BCUT2D eigenvalue weighted by molar-refractivity contribution is 5.95. The predicted octanol–water partition coefficient (Wildman–Crippen LogP) is 4.66. The number of carbonyl (C=O) groups is 1. The summed E-state index contributed by atoms with van der Waals surface area (Å²) in [5.74, 6) is 0.662. The molecule has 0 heterocycles. The second kappa shape index (κ2) is 7.82. The molecular formula is C20H25NO2. The van der Waals surface area contributed by atoms with E-state index in [9.17, 15) is 4.79 Å². The maximum atomic E-state index is 12.6. The third-order valence-corrected chi connectivity index (χ3v) is 3.92. The summed E-state index contributed by atoms with van der Waals surface area (Å²) in [6.45, 7) is 8.08. The highest BCUT2D eigenvalue weighted by Crippen LogP contribution is 2.22. The first-order valence-electron chi connectivity index (χ1n) is 8.17. The molecule has 0 aliphatic carbocycles. The highest BCUT2D eigenvalue weighted by atomic mass is 16.5. The minimum Gasteiger partial charge on any atom is -0.480 e. The number of carbonyl (C=O) groups excluding carboxylic acids is 1. The van der Waals surface area contributed by atoms with Crippen molar-refractivity contribution in [1.82, 2.24) is 0 Å². The van der Waals surface area contributed by atoms with Crippen molar-refractivity contribution in [3.63, 3.8) is 0 Å². The Balaban J connectivity index is 2.12. The molecule has 1 N–H and O–H groups in total. The summed E-state index contributed by atoms with van der Waals surface area (Å²) in [7, 11) is 0. The maximum absolute atomic E-state index is 12.6. The normalized spacial score (nSPS) is 11.8. The summed E-state index contributed by atoms with van der Waals surface area (Å²) in [5, 5.41) is 3.00. The van der Waals surface area contributed by atoms with Gasteiger partial charge >= 0.3 is 0 Å². The van der Waals surface area contributed by atoms with Crippen molar-refractivity contribution in [1.29, 1.82) is 0 Å². The first kappa shape index (κ1) is 17.1. The molecule has 122 valence electrons. The van der Waals surface area contributed by atoms with Crippen LogP contribution in [0.4, 0.5) is 5.69 Å². The van der Waals surface area contributed by atoms with Crippen LogP contribution in [-0.4, -0.2) is 12.0 Å². The van der Waals surface area contributed by atoms with Gasteiger partial charge in [0.2, 0.25) is 0 Å². The second-order valence-corrected chi connectivity index (χ2v) is 5.78. The van der Waals surface area contributed by atoms with E-state index in [1.165, 1.54) is 5.56 Å². The molecule has 0 fully saturated rings. The topological polar surface area (TPSA) is 38.3 Å². The number of amides is 1. The van der Waals surface area contributed by atoms with Gasteiger partial charge in [-0.2, -0.15) is 0 Å². The molecule has 0 bridgehead atoms. The molecular weight excluding hydrogens is 286 g/mol. The van der Waals surface area contributed by atoms with E-state index in [1.807, 2.05) is 57.2 Å². The third-order valence-electron chi connectivity index (χ3n) is 3.92. The van der Waals surface area contributed by atoms with Gasteiger partial charge in [0.05, 0.1) is 0 Å². The molecule has 0 unspecified atom stereocenters. The summed E-state index contributed by atoms with van der Waals surface area (Å²) in [6.07, 6.45) is 1.000. The van der Waals surface area contributed by atoms with Crippen molar-refractivity contribution >= 4 is 11.6 Å². The first-order chi connectivity index (χ1) is 11.0. The zero-order chi connectivity index (χ0) is 16.8. The summed E-state index contributed by atoms with van der Waals surface area (Å²) >= 11 is 0. The average molecular weight is 311 g/mol. The van der Waals surface area contributed by atoms with Crippen LogP contribution < -0.4 is 10.1 Å². The SMILES string of the molecule is CCc1ccccc1NC(=O)[C@@H](CC)Oc1ccc(C)cc1C. The fourth-order valence-electron chi connectivity index (χ4n) is 2.57. The van der Waals surface area contributed by atoms with E-state index in [4.69, 9.17) is 4.74 Å².